The molecule has 1 saturated heterocycles. The minimum atomic E-state index is -1.83. The van der Waals surface area contributed by atoms with Crippen molar-refractivity contribution in [3.05, 3.63) is 0 Å². The van der Waals surface area contributed by atoms with Crippen LogP contribution in [0.4, 0.5) is 9.59 Å². The first-order valence-electron chi connectivity index (χ1n) is 8.34. The maximum absolute atomic E-state index is 12.4. The zero-order valence-corrected chi connectivity index (χ0v) is 15.6. The van der Waals surface area contributed by atoms with Crippen LogP contribution < -0.4 is 21.3 Å². The second-order valence-corrected chi connectivity index (χ2v) is 5.63. The molecule has 0 saturated carbocycles. The number of carbonyl (C=O) groups is 7. The summed E-state index contributed by atoms with van der Waals surface area (Å²) in [6.45, 7) is -0.790. The molecule has 0 aliphatic carbocycles. The number of amides is 7. The summed E-state index contributed by atoms with van der Waals surface area (Å²) in [4.78, 5) is 82.2. The SMILES string of the molecule is CCOC(=O)NC(=O)C1C(C#N)C(=O)NC(=O)N1CC(=O)NCC(=O)NCC(=O)O. The largest absolute Gasteiger partial charge is 0.480 e. The first-order valence-corrected chi connectivity index (χ1v) is 8.34. The molecule has 30 heavy (non-hydrogen) atoms. The third-order valence-corrected chi connectivity index (χ3v) is 3.53. The number of carboxylic acid groups (broad SMARTS) is 1. The fraction of sp³-hybridized carbons (Fsp3) is 0.467. The average Bonchev–Trinajstić information content (AvgIpc) is 2.66. The maximum atomic E-state index is 12.4. The van der Waals surface area contributed by atoms with Crippen molar-refractivity contribution in [3.63, 3.8) is 0 Å². The molecule has 15 nitrogen and oxygen atoms in total. The van der Waals surface area contributed by atoms with Crippen LogP contribution in [0.5, 0.6) is 0 Å². The third kappa shape index (κ3) is 6.74. The van der Waals surface area contributed by atoms with Crippen LogP contribution in [0.1, 0.15) is 6.92 Å². The Morgan fingerprint density at radius 3 is 2.37 bits per heavy atom. The minimum absolute atomic E-state index is 0.0824. The number of ether oxygens (including phenoxy) is 1. The van der Waals surface area contributed by atoms with Crippen molar-refractivity contribution in [2.75, 3.05) is 26.2 Å². The summed E-state index contributed by atoms with van der Waals surface area (Å²) in [6, 6.07) is -1.49. The van der Waals surface area contributed by atoms with E-state index in [0.29, 0.717) is 4.90 Å². The standard InChI is InChI=1S/C15H18N6O9/c1-2-30-15(29)20-13(27)11-7(3-16)12(26)19-14(28)21(11)6-9(23)17-4-8(22)18-5-10(24)25/h7,11H,2,4-6H2,1H3,(H,17,23)(H,18,22)(H,24,25)(H,19,26,28)(H,20,27,29). The van der Waals surface area contributed by atoms with Crippen molar-refractivity contribution in [2.24, 2.45) is 5.92 Å². The van der Waals surface area contributed by atoms with E-state index in [1.807, 2.05) is 5.32 Å². The van der Waals surface area contributed by atoms with Crippen LogP contribution in [0.25, 0.3) is 0 Å². The molecule has 1 aliphatic heterocycles. The van der Waals surface area contributed by atoms with Gasteiger partial charge in [-0.05, 0) is 6.92 Å². The lowest BCUT2D eigenvalue weighted by molar-refractivity contribution is -0.138. The minimum Gasteiger partial charge on any atom is -0.480 e. The fourth-order valence-corrected chi connectivity index (χ4v) is 2.26. The second-order valence-electron chi connectivity index (χ2n) is 5.63. The lowest BCUT2D eigenvalue weighted by atomic mass is 9.95. The lowest BCUT2D eigenvalue weighted by Gasteiger charge is -2.35. The van der Waals surface area contributed by atoms with Gasteiger partial charge in [-0.3, -0.25) is 34.6 Å². The van der Waals surface area contributed by atoms with Crippen LogP contribution in [0.15, 0.2) is 0 Å². The van der Waals surface area contributed by atoms with Crippen molar-refractivity contribution in [2.45, 2.75) is 13.0 Å². The number of nitriles is 1. The predicted molar refractivity (Wildman–Crippen MR) is 92.0 cm³/mol. The number of carbonyl (C=O) groups excluding carboxylic acids is 6. The molecule has 1 aliphatic rings. The number of nitrogens with one attached hydrogen (secondary N) is 4. The molecule has 1 fully saturated rings. The Kier molecular flexibility index (Phi) is 8.69. The summed E-state index contributed by atoms with van der Waals surface area (Å²) in [7, 11) is 0. The highest BCUT2D eigenvalue weighted by Gasteiger charge is 2.47. The Labute approximate surface area is 168 Å². The van der Waals surface area contributed by atoms with Gasteiger partial charge in [-0.25, -0.2) is 9.59 Å². The van der Waals surface area contributed by atoms with Crippen LogP contribution in [0, 0.1) is 17.2 Å². The first-order chi connectivity index (χ1) is 14.1. The van der Waals surface area contributed by atoms with Gasteiger partial charge in [0.05, 0.1) is 19.2 Å². The Hall–Kier alpha value is -4.22. The highest BCUT2D eigenvalue weighted by molar-refractivity contribution is 6.08. The molecule has 0 aromatic rings. The normalized spacial score (nSPS) is 17.8. The van der Waals surface area contributed by atoms with Crippen LogP contribution in [-0.2, 0) is 28.7 Å². The number of hydrogen-bond acceptors (Lipinski definition) is 9. The van der Waals surface area contributed by atoms with Crippen molar-refractivity contribution in [1.82, 2.24) is 26.2 Å². The Bertz CT molecular complexity index is 805. The highest BCUT2D eigenvalue weighted by Crippen LogP contribution is 2.17. The Morgan fingerprint density at radius 1 is 1.17 bits per heavy atom. The molecule has 2 unspecified atom stereocenters. The fourth-order valence-electron chi connectivity index (χ4n) is 2.26. The third-order valence-electron chi connectivity index (χ3n) is 3.53. The first kappa shape index (κ1) is 23.8. The van der Waals surface area contributed by atoms with Crippen molar-refractivity contribution >= 4 is 41.7 Å². The van der Waals surface area contributed by atoms with Gasteiger partial charge < -0.3 is 25.4 Å². The van der Waals surface area contributed by atoms with Gasteiger partial charge in [-0.15, -0.1) is 0 Å². The summed E-state index contributed by atoms with van der Waals surface area (Å²) in [5.74, 6) is -7.16. The molecule has 162 valence electrons. The van der Waals surface area contributed by atoms with Gasteiger partial charge in [-0.1, -0.05) is 0 Å². The molecule has 0 aromatic carbocycles. The monoisotopic (exact) mass is 426 g/mol. The van der Waals surface area contributed by atoms with E-state index >= 15 is 0 Å². The van der Waals surface area contributed by atoms with Gasteiger partial charge in [0.15, 0.2) is 5.92 Å². The molecule has 1 heterocycles. The van der Waals surface area contributed by atoms with Crippen LogP contribution in [0.2, 0.25) is 0 Å². The molecule has 2 atom stereocenters. The van der Waals surface area contributed by atoms with Gasteiger partial charge in [-0.2, -0.15) is 5.26 Å². The van der Waals surface area contributed by atoms with Gasteiger partial charge in [0, 0.05) is 0 Å². The number of urea groups is 1. The molecule has 15 heteroatoms. The Morgan fingerprint density at radius 2 is 1.80 bits per heavy atom. The summed E-state index contributed by atoms with van der Waals surface area (Å²) in [5.41, 5.74) is 0. The second kappa shape index (κ2) is 10.9. The zero-order chi connectivity index (χ0) is 22.8. The summed E-state index contributed by atoms with van der Waals surface area (Å²) in [5, 5.41) is 25.3. The van der Waals surface area contributed by atoms with Gasteiger partial charge >= 0.3 is 18.1 Å². The Balaban J connectivity index is 2.88. The molecule has 1 rings (SSSR count). The average molecular weight is 426 g/mol. The van der Waals surface area contributed by atoms with E-state index in [4.69, 9.17) is 5.11 Å². The van der Waals surface area contributed by atoms with E-state index in [1.165, 1.54) is 13.0 Å². The molecule has 0 spiro atoms. The van der Waals surface area contributed by atoms with E-state index in [-0.39, 0.29) is 6.61 Å². The smallest absolute Gasteiger partial charge is 0.413 e. The van der Waals surface area contributed by atoms with E-state index in [9.17, 15) is 38.8 Å². The summed E-state index contributed by atoms with van der Waals surface area (Å²) >= 11 is 0. The quantitative estimate of drug-likeness (QED) is 0.259. The topological polar surface area (TPSA) is 224 Å². The number of imide groups is 2. The molecule has 0 aromatic heterocycles. The van der Waals surface area contributed by atoms with E-state index < -0.39 is 73.3 Å². The van der Waals surface area contributed by atoms with Crippen LogP contribution in [0.3, 0.4) is 0 Å². The maximum Gasteiger partial charge on any atom is 0.413 e. The molecule has 0 bridgehead atoms. The summed E-state index contributed by atoms with van der Waals surface area (Å²) < 4.78 is 4.52. The molecule has 5 N–H and O–H groups in total. The summed E-state index contributed by atoms with van der Waals surface area (Å²) in [6.07, 6.45) is -1.18. The van der Waals surface area contributed by atoms with Crippen LogP contribution >= 0.6 is 0 Å². The number of nitrogens with zero attached hydrogens (tertiary/aromatic N) is 2. The number of carboxylic acids is 1. The van der Waals surface area contributed by atoms with Crippen LogP contribution in [-0.4, -0.2) is 84.0 Å². The van der Waals surface area contributed by atoms with Crippen molar-refractivity contribution in [3.8, 4) is 6.07 Å². The van der Waals surface area contributed by atoms with E-state index in [1.54, 1.807) is 10.6 Å². The van der Waals surface area contributed by atoms with Crippen molar-refractivity contribution < 1.29 is 43.4 Å². The van der Waals surface area contributed by atoms with Gasteiger partial charge in [0.25, 0.3) is 5.91 Å². The highest BCUT2D eigenvalue weighted by atomic mass is 16.5. The molecule has 0 radical (unpaired) electrons. The lowest BCUT2D eigenvalue weighted by Crippen LogP contribution is -2.66. The van der Waals surface area contributed by atoms with E-state index in [2.05, 4.69) is 10.1 Å². The zero-order valence-electron chi connectivity index (χ0n) is 15.6. The molecular weight excluding hydrogens is 408 g/mol. The number of hydrogen-bond donors (Lipinski definition) is 5. The number of alkyl carbamates (subject to hydrolysis) is 1. The van der Waals surface area contributed by atoms with E-state index in [0.717, 1.165) is 0 Å². The molecular formula is C15H18N6O9. The van der Waals surface area contributed by atoms with Gasteiger partial charge in [0.2, 0.25) is 17.7 Å². The number of aliphatic carboxylic acids is 1. The van der Waals surface area contributed by atoms with Crippen molar-refractivity contribution in [1.29, 1.82) is 5.26 Å². The predicted octanol–water partition coefficient (Wildman–Crippen LogP) is -3.36. The van der Waals surface area contributed by atoms with Gasteiger partial charge in [0.1, 0.15) is 19.1 Å². The molecule has 7 amide bonds. The number of rotatable bonds is 8.